The number of aromatic nitrogens is 1. The minimum atomic E-state index is -4.26. The van der Waals surface area contributed by atoms with E-state index in [1.807, 2.05) is 6.92 Å². The van der Waals surface area contributed by atoms with E-state index in [-0.39, 0.29) is 10.6 Å². The van der Waals surface area contributed by atoms with Gasteiger partial charge in [0.1, 0.15) is 16.6 Å². The van der Waals surface area contributed by atoms with Crippen molar-refractivity contribution in [3.8, 4) is 0 Å². The van der Waals surface area contributed by atoms with E-state index in [0.717, 1.165) is 65.6 Å². The number of thiazole rings is 1. The quantitative estimate of drug-likeness (QED) is 0.362. The molecular weight excluding hydrogens is 500 g/mol. The summed E-state index contributed by atoms with van der Waals surface area (Å²) in [7, 11) is -4.26. The molecule has 1 fully saturated rings. The summed E-state index contributed by atoms with van der Waals surface area (Å²) in [5.41, 5.74) is 0.453. The van der Waals surface area contributed by atoms with Crippen molar-refractivity contribution >= 4 is 38.6 Å². The molecule has 4 rings (SSSR count). The second-order valence-corrected chi connectivity index (χ2v) is 11.8. The van der Waals surface area contributed by atoms with Gasteiger partial charge in [-0.1, -0.05) is 18.0 Å². The normalized spacial score (nSPS) is 15.9. The van der Waals surface area contributed by atoms with Gasteiger partial charge >= 0.3 is 0 Å². The van der Waals surface area contributed by atoms with E-state index in [9.17, 15) is 17.2 Å². The number of nitrogens with zero attached hydrogens (tertiary/aromatic N) is 3. The summed E-state index contributed by atoms with van der Waals surface area (Å²) in [6, 6.07) is 7.52. The largest absolute Gasteiger partial charge is 0.298 e. The first kappa shape index (κ1) is 25.0. The van der Waals surface area contributed by atoms with Crippen molar-refractivity contribution in [2.75, 3.05) is 17.4 Å². The number of halogens is 3. The molecule has 1 aromatic heterocycles. The Balaban J connectivity index is 1.75. The average Bonchev–Trinajstić information content (AvgIpc) is 3.17. The van der Waals surface area contributed by atoms with Crippen LogP contribution in [-0.2, 0) is 16.6 Å². The Morgan fingerprint density at radius 2 is 1.79 bits per heavy atom. The third kappa shape index (κ3) is 5.27. The third-order valence-corrected chi connectivity index (χ3v) is 9.41. The first-order valence-electron chi connectivity index (χ1n) is 11.1. The molecule has 10 heteroatoms. The van der Waals surface area contributed by atoms with Crippen molar-refractivity contribution in [1.29, 1.82) is 0 Å². The lowest BCUT2D eigenvalue weighted by Gasteiger charge is -2.29. The minimum Gasteiger partial charge on any atom is -0.298 e. The van der Waals surface area contributed by atoms with Gasteiger partial charge in [0.25, 0.3) is 10.0 Å². The molecule has 2 heterocycles. The smallest absolute Gasteiger partial charge is 0.265 e. The maximum atomic E-state index is 14.9. The molecule has 0 radical (unpaired) electrons. The molecule has 0 saturated carbocycles. The molecule has 0 N–H and O–H groups in total. The molecule has 0 amide bonds. The van der Waals surface area contributed by atoms with Crippen LogP contribution in [0.15, 0.2) is 47.4 Å². The standard InChI is InChI=1S/C24H26ClF2N3O2S2/c1-16-23(15-29-12-4-3-5-13-29)33-24(28-16)17(2)30(22-14-19(26)8-11-21(22)27)34(31,32)20-9-6-18(25)7-10-20/h6-11,14,17H,3-5,12-13,15H2,1-2H3. The van der Waals surface area contributed by atoms with Gasteiger partial charge in [-0.2, -0.15) is 0 Å². The van der Waals surface area contributed by atoms with E-state index >= 15 is 0 Å². The maximum absolute atomic E-state index is 14.9. The first-order chi connectivity index (χ1) is 16.2. The summed E-state index contributed by atoms with van der Waals surface area (Å²) in [6.07, 6.45) is 3.55. The van der Waals surface area contributed by atoms with E-state index in [0.29, 0.717) is 10.0 Å². The van der Waals surface area contributed by atoms with E-state index in [2.05, 4.69) is 9.88 Å². The fraction of sp³-hybridized carbons (Fsp3) is 0.375. The van der Waals surface area contributed by atoms with Crippen LogP contribution in [0, 0.1) is 18.6 Å². The van der Waals surface area contributed by atoms with Gasteiger partial charge in [0, 0.05) is 22.5 Å². The molecule has 1 saturated heterocycles. The first-order valence-corrected chi connectivity index (χ1v) is 13.7. The van der Waals surface area contributed by atoms with Crippen LogP contribution in [0.3, 0.4) is 0 Å². The Kier molecular flexibility index (Phi) is 7.57. The van der Waals surface area contributed by atoms with E-state index in [1.165, 1.54) is 42.0 Å². The summed E-state index contributed by atoms with van der Waals surface area (Å²) in [5.74, 6) is -1.58. The van der Waals surface area contributed by atoms with Crippen LogP contribution in [0.2, 0.25) is 5.02 Å². The topological polar surface area (TPSA) is 53.5 Å². The number of aryl methyl sites for hydroxylation is 1. The van der Waals surface area contributed by atoms with Crippen LogP contribution in [0.1, 0.15) is 47.8 Å². The van der Waals surface area contributed by atoms with Gasteiger partial charge in [0.05, 0.1) is 22.3 Å². The summed E-state index contributed by atoms with van der Waals surface area (Å²) in [6.45, 7) is 6.32. The second kappa shape index (κ2) is 10.3. The molecule has 182 valence electrons. The van der Waals surface area contributed by atoms with Gasteiger partial charge in [-0.15, -0.1) is 11.3 Å². The van der Waals surface area contributed by atoms with Gasteiger partial charge < -0.3 is 0 Å². The predicted octanol–water partition coefficient (Wildman–Crippen LogP) is 6.33. The molecule has 3 aromatic rings. The molecule has 1 aliphatic rings. The van der Waals surface area contributed by atoms with Crippen LogP contribution >= 0.6 is 22.9 Å². The van der Waals surface area contributed by atoms with Crippen LogP contribution in [0.5, 0.6) is 0 Å². The average molecular weight is 526 g/mol. The van der Waals surface area contributed by atoms with Crippen molar-refractivity contribution in [2.45, 2.75) is 50.6 Å². The number of sulfonamides is 1. The molecule has 0 aliphatic carbocycles. The molecule has 1 atom stereocenters. The zero-order chi connectivity index (χ0) is 24.5. The predicted molar refractivity (Wildman–Crippen MR) is 132 cm³/mol. The highest BCUT2D eigenvalue weighted by molar-refractivity contribution is 7.92. The zero-order valence-electron chi connectivity index (χ0n) is 19.0. The number of anilines is 1. The highest BCUT2D eigenvalue weighted by atomic mass is 35.5. The lowest BCUT2D eigenvalue weighted by Crippen LogP contribution is -2.34. The molecule has 34 heavy (non-hydrogen) atoms. The highest BCUT2D eigenvalue weighted by Crippen LogP contribution is 2.38. The number of hydrogen-bond acceptors (Lipinski definition) is 5. The highest BCUT2D eigenvalue weighted by Gasteiger charge is 2.34. The summed E-state index contributed by atoms with van der Waals surface area (Å²) < 4.78 is 57.3. The van der Waals surface area contributed by atoms with Crippen LogP contribution < -0.4 is 4.31 Å². The van der Waals surface area contributed by atoms with E-state index in [1.54, 1.807) is 6.92 Å². The molecule has 5 nitrogen and oxygen atoms in total. The molecule has 1 aliphatic heterocycles. The SMILES string of the molecule is Cc1nc(C(C)N(c2cc(F)ccc2F)S(=O)(=O)c2ccc(Cl)cc2)sc1CN1CCCCC1. The fourth-order valence-electron chi connectivity index (χ4n) is 4.12. The molecule has 0 bridgehead atoms. The molecular formula is C24H26ClF2N3O2S2. The van der Waals surface area contributed by atoms with Crippen molar-refractivity contribution in [3.63, 3.8) is 0 Å². The zero-order valence-corrected chi connectivity index (χ0v) is 21.4. The van der Waals surface area contributed by atoms with Crippen molar-refractivity contribution in [1.82, 2.24) is 9.88 Å². The Hall–Kier alpha value is -2.07. The van der Waals surface area contributed by atoms with Crippen molar-refractivity contribution in [3.05, 3.63) is 74.7 Å². The van der Waals surface area contributed by atoms with Crippen molar-refractivity contribution < 1.29 is 17.2 Å². The Morgan fingerprint density at radius 1 is 1.12 bits per heavy atom. The lowest BCUT2D eigenvalue weighted by atomic mass is 10.1. The van der Waals surface area contributed by atoms with Gasteiger partial charge in [-0.05, 0) is 76.2 Å². The monoisotopic (exact) mass is 525 g/mol. The van der Waals surface area contributed by atoms with Crippen LogP contribution in [0.4, 0.5) is 14.5 Å². The Morgan fingerprint density at radius 3 is 2.47 bits per heavy atom. The molecule has 2 aromatic carbocycles. The number of likely N-dealkylation sites (tertiary alicyclic amines) is 1. The number of piperidine rings is 1. The summed E-state index contributed by atoms with van der Waals surface area (Å²) >= 11 is 7.34. The number of benzene rings is 2. The molecule has 0 spiro atoms. The Labute approximate surface area is 208 Å². The van der Waals surface area contributed by atoms with Gasteiger partial charge in [0.2, 0.25) is 0 Å². The summed E-state index contributed by atoms with van der Waals surface area (Å²) in [5, 5.41) is 0.888. The maximum Gasteiger partial charge on any atom is 0.265 e. The van der Waals surface area contributed by atoms with Gasteiger partial charge in [-0.25, -0.2) is 22.2 Å². The summed E-state index contributed by atoms with van der Waals surface area (Å²) in [4.78, 5) is 7.99. The van der Waals surface area contributed by atoms with Crippen LogP contribution in [-0.4, -0.2) is 31.4 Å². The van der Waals surface area contributed by atoms with Gasteiger partial charge in [-0.3, -0.25) is 9.21 Å². The number of rotatable bonds is 7. The lowest BCUT2D eigenvalue weighted by molar-refractivity contribution is 0.222. The van der Waals surface area contributed by atoms with Crippen molar-refractivity contribution in [2.24, 2.45) is 0 Å². The van der Waals surface area contributed by atoms with E-state index in [4.69, 9.17) is 11.6 Å². The third-order valence-electron chi connectivity index (χ3n) is 5.95. The minimum absolute atomic E-state index is 0.0748. The number of hydrogen-bond donors (Lipinski definition) is 0. The fourth-order valence-corrected chi connectivity index (χ4v) is 7.08. The van der Waals surface area contributed by atoms with Crippen LogP contribution in [0.25, 0.3) is 0 Å². The van der Waals surface area contributed by atoms with Gasteiger partial charge in [0.15, 0.2) is 0 Å². The van der Waals surface area contributed by atoms with E-state index < -0.39 is 27.7 Å². The Bertz CT molecular complexity index is 1260. The second-order valence-electron chi connectivity index (χ2n) is 8.42. The molecule has 1 unspecified atom stereocenters.